The number of sulfonamides is 1. The van der Waals surface area contributed by atoms with Crippen LogP contribution in [0.2, 0.25) is 0 Å². The van der Waals surface area contributed by atoms with Crippen molar-refractivity contribution in [2.45, 2.75) is 50.5 Å². The van der Waals surface area contributed by atoms with E-state index in [1.54, 1.807) is 18.2 Å². The molecule has 2 rings (SSSR count). The van der Waals surface area contributed by atoms with Crippen LogP contribution in [0.4, 0.5) is 0 Å². The summed E-state index contributed by atoms with van der Waals surface area (Å²) in [5.41, 5.74) is 1.94. The van der Waals surface area contributed by atoms with Crippen molar-refractivity contribution in [3.63, 3.8) is 0 Å². The fourth-order valence-corrected chi connectivity index (χ4v) is 3.35. The van der Waals surface area contributed by atoms with Crippen LogP contribution in [0.15, 0.2) is 23.1 Å². The summed E-state index contributed by atoms with van der Waals surface area (Å²) in [6.07, 6.45) is 2.52. The van der Waals surface area contributed by atoms with Gasteiger partial charge in [-0.2, -0.15) is 0 Å². The summed E-state index contributed by atoms with van der Waals surface area (Å²) in [6.45, 7) is 3.90. The number of hydrogen-bond donors (Lipinski definition) is 3. The first kappa shape index (κ1) is 19.4. The highest BCUT2D eigenvalue weighted by Gasteiger charge is 2.23. The Morgan fingerprint density at radius 1 is 1.12 bits per heavy atom. The molecule has 1 fully saturated rings. The molecule has 138 valence electrons. The van der Waals surface area contributed by atoms with Crippen molar-refractivity contribution in [3.8, 4) is 0 Å². The fraction of sp³-hybridized carbons (Fsp3) is 0.529. The van der Waals surface area contributed by atoms with Gasteiger partial charge >= 0.3 is 0 Å². The molecular formula is C17H25N3O4S. The lowest BCUT2D eigenvalue weighted by Gasteiger charge is -2.09. The second-order valence-corrected chi connectivity index (χ2v) is 8.13. The van der Waals surface area contributed by atoms with Crippen LogP contribution in [0, 0.1) is 13.8 Å². The van der Waals surface area contributed by atoms with Crippen molar-refractivity contribution in [3.05, 3.63) is 29.3 Å². The first-order valence-corrected chi connectivity index (χ1v) is 9.89. The van der Waals surface area contributed by atoms with Gasteiger partial charge in [-0.15, -0.1) is 0 Å². The third-order valence-corrected chi connectivity index (χ3v) is 5.51. The summed E-state index contributed by atoms with van der Waals surface area (Å²) in [7, 11) is -3.58. The van der Waals surface area contributed by atoms with Gasteiger partial charge in [-0.25, -0.2) is 13.1 Å². The molecule has 1 aliphatic carbocycles. The number of amides is 2. The molecule has 0 bridgehead atoms. The molecule has 0 heterocycles. The molecule has 0 unspecified atom stereocenters. The van der Waals surface area contributed by atoms with Crippen molar-refractivity contribution in [1.29, 1.82) is 0 Å². The third-order valence-electron chi connectivity index (χ3n) is 4.05. The zero-order valence-electron chi connectivity index (χ0n) is 14.6. The van der Waals surface area contributed by atoms with E-state index in [-0.39, 0.29) is 42.3 Å². The van der Waals surface area contributed by atoms with Crippen LogP contribution in [0.5, 0.6) is 0 Å². The van der Waals surface area contributed by atoms with Crippen LogP contribution in [0.25, 0.3) is 0 Å². The number of rotatable bonds is 9. The van der Waals surface area contributed by atoms with Gasteiger partial charge in [-0.05, 0) is 56.4 Å². The molecule has 0 aliphatic heterocycles. The Labute approximate surface area is 148 Å². The van der Waals surface area contributed by atoms with Gasteiger partial charge in [0.05, 0.1) is 11.4 Å². The molecule has 0 radical (unpaired) electrons. The van der Waals surface area contributed by atoms with Crippen molar-refractivity contribution in [1.82, 2.24) is 15.4 Å². The number of benzene rings is 1. The predicted molar refractivity (Wildman–Crippen MR) is 94.5 cm³/mol. The van der Waals surface area contributed by atoms with E-state index in [1.165, 1.54) is 0 Å². The van der Waals surface area contributed by atoms with Crippen molar-refractivity contribution in [2.24, 2.45) is 0 Å². The minimum absolute atomic E-state index is 0.0380. The van der Waals surface area contributed by atoms with E-state index >= 15 is 0 Å². The number of nitrogens with one attached hydrogen (secondary N) is 3. The SMILES string of the molecule is Cc1ccc(S(=O)(=O)NCCCC(=O)NCC(=O)NC2CC2)cc1C. The molecule has 1 aliphatic rings. The predicted octanol–water partition coefficient (Wildman–Crippen LogP) is 0.757. The van der Waals surface area contributed by atoms with E-state index in [9.17, 15) is 18.0 Å². The van der Waals surface area contributed by atoms with Gasteiger partial charge in [-0.3, -0.25) is 9.59 Å². The van der Waals surface area contributed by atoms with Gasteiger partial charge in [0.2, 0.25) is 21.8 Å². The Morgan fingerprint density at radius 2 is 1.84 bits per heavy atom. The second-order valence-electron chi connectivity index (χ2n) is 6.37. The standard InChI is InChI=1S/C17H25N3O4S/c1-12-5-8-15(10-13(12)2)25(23,24)19-9-3-4-16(21)18-11-17(22)20-14-6-7-14/h5,8,10,14,19H,3-4,6-7,9,11H2,1-2H3,(H,18,21)(H,20,22). The quantitative estimate of drug-likeness (QED) is 0.560. The van der Waals surface area contributed by atoms with E-state index in [2.05, 4.69) is 15.4 Å². The summed E-state index contributed by atoms with van der Waals surface area (Å²) < 4.78 is 26.9. The number of hydrogen-bond acceptors (Lipinski definition) is 4. The van der Waals surface area contributed by atoms with E-state index in [1.807, 2.05) is 13.8 Å². The lowest BCUT2D eigenvalue weighted by Crippen LogP contribution is -2.38. The van der Waals surface area contributed by atoms with Gasteiger partial charge in [0.15, 0.2) is 0 Å². The first-order chi connectivity index (χ1) is 11.8. The van der Waals surface area contributed by atoms with E-state index < -0.39 is 10.0 Å². The number of carbonyl (C=O) groups excluding carboxylic acids is 2. The summed E-state index contributed by atoms with van der Waals surface area (Å²) in [6, 6.07) is 5.23. The molecule has 25 heavy (non-hydrogen) atoms. The first-order valence-electron chi connectivity index (χ1n) is 8.41. The molecule has 3 N–H and O–H groups in total. The minimum Gasteiger partial charge on any atom is -0.352 e. The molecular weight excluding hydrogens is 342 g/mol. The van der Waals surface area contributed by atoms with Crippen LogP contribution in [-0.4, -0.2) is 39.4 Å². The molecule has 0 spiro atoms. The topological polar surface area (TPSA) is 104 Å². The Balaban J connectivity index is 1.67. The van der Waals surface area contributed by atoms with Crippen molar-refractivity contribution >= 4 is 21.8 Å². The largest absolute Gasteiger partial charge is 0.352 e. The Morgan fingerprint density at radius 3 is 2.48 bits per heavy atom. The maximum atomic E-state index is 12.2. The van der Waals surface area contributed by atoms with Gasteiger partial charge in [0, 0.05) is 19.0 Å². The highest BCUT2D eigenvalue weighted by molar-refractivity contribution is 7.89. The maximum absolute atomic E-state index is 12.2. The average Bonchev–Trinajstić information content (AvgIpc) is 3.36. The van der Waals surface area contributed by atoms with Gasteiger partial charge in [0.25, 0.3) is 0 Å². The molecule has 0 saturated heterocycles. The van der Waals surface area contributed by atoms with E-state index in [0.717, 1.165) is 24.0 Å². The lowest BCUT2D eigenvalue weighted by atomic mass is 10.1. The van der Waals surface area contributed by atoms with Crippen LogP contribution >= 0.6 is 0 Å². The number of carbonyl (C=O) groups is 2. The van der Waals surface area contributed by atoms with Crippen molar-refractivity contribution in [2.75, 3.05) is 13.1 Å². The van der Waals surface area contributed by atoms with Gasteiger partial charge < -0.3 is 10.6 Å². The van der Waals surface area contributed by atoms with Crippen LogP contribution < -0.4 is 15.4 Å². The maximum Gasteiger partial charge on any atom is 0.240 e. The Bertz CT molecular complexity index is 742. The third kappa shape index (κ3) is 6.47. The summed E-state index contributed by atoms with van der Waals surface area (Å²) in [4.78, 5) is 23.3. The monoisotopic (exact) mass is 367 g/mol. The smallest absolute Gasteiger partial charge is 0.240 e. The molecule has 7 nitrogen and oxygen atoms in total. The Hall–Kier alpha value is -1.93. The number of aryl methyl sites for hydroxylation is 2. The normalized spacial score (nSPS) is 14.2. The summed E-state index contributed by atoms with van der Waals surface area (Å²) in [5.74, 6) is -0.456. The molecule has 0 atom stereocenters. The van der Waals surface area contributed by atoms with Crippen LogP contribution in [-0.2, 0) is 19.6 Å². The molecule has 1 aromatic carbocycles. The van der Waals surface area contributed by atoms with Crippen LogP contribution in [0.1, 0.15) is 36.8 Å². The van der Waals surface area contributed by atoms with Gasteiger partial charge in [-0.1, -0.05) is 6.07 Å². The molecule has 2 amide bonds. The minimum atomic E-state index is -3.58. The lowest BCUT2D eigenvalue weighted by molar-refractivity contribution is -0.126. The Kier molecular flexibility index (Phi) is 6.55. The molecule has 1 saturated carbocycles. The van der Waals surface area contributed by atoms with Gasteiger partial charge in [0.1, 0.15) is 0 Å². The second kappa shape index (κ2) is 8.44. The van der Waals surface area contributed by atoms with Crippen molar-refractivity contribution < 1.29 is 18.0 Å². The highest BCUT2D eigenvalue weighted by Crippen LogP contribution is 2.18. The molecule has 1 aromatic rings. The average molecular weight is 367 g/mol. The molecule has 8 heteroatoms. The van der Waals surface area contributed by atoms with E-state index in [4.69, 9.17) is 0 Å². The van der Waals surface area contributed by atoms with Crippen LogP contribution in [0.3, 0.4) is 0 Å². The fourth-order valence-electron chi connectivity index (χ4n) is 2.19. The summed E-state index contributed by atoms with van der Waals surface area (Å²) >= 11 is 0. The zero-order valence-corrected chi connectivity index (χ0v) is 15.4. The van der Waals surface area contributed by atoms with E-state index in [0.29, 0.717) is 6.42 Å². The molecule has 0 aromatic heterocycles. The highest BCUT2D eigenvalue weighted by atomic mass is 32.2. The zero-order chi connectivity index (χ0) is 18.4. The summed E-state index contributed by atoms with van der Waals surface area (Å²) in [5, 5.41) is 5.31.